The predicted molar refractivity (Wildman–Crippen MR) is 116 cm³/mol. The quantitative estimate of drug-likeness (QED) is 0.497. The number of rotatable bonds is 4. The Bertz CT molecular complexity index is 1280. The number of halogens is 3. The Kier molecular flexibility index (Phi) is 5.26. The fourth-order valence-corrected chi connectivity index (χ4v) is 5.33. The van der Waals surface area contributed by atoms with Gasteiger partial charge in [-0.05, 0) is 36.8 Å². The van der Waals surface area contributed by atoms with Gasteiger partial charge < -0.3 is 10.0 Å². The molecular formula is C22H20F3N5OS. The molecule has 5 rings (SSSR count). The van der Waals surface area contributed by atoms with Gasteiger partial charge >= 0.3 is 0 Å². The van der Waals surface area contributed by atoms with E-state index < -0.39 is 17.7 Å². The second-order valence-electron chi connectivity index (χ2n) is 7.69. The molecule has 1 fully saturated rings. The summed E-state index contributed by atoms with van der Waals surface area (Å²) in [6.07, 6.45) is 0. The first-order chi connectivity index (χ1) is 15.4. The maximum absolute atomic E-state index is 14.2. The van der Waals surface area contributed by atoms with Crippen molar-refractivity contribution in [2.45, 2.75) is 13.0 Å². The lowest BCUT2D eigenvalue weighted by Gasteiger charge is -2.40. The first kappa shape index (κ1) is 20.8. The van der Waals surface area contributed by atoms with Crippen molar-refractivity contribution in [2.24, 2.45) is 0 Å². The minimum Gasteiger partial charge on any atom is -0.492 e. The Labute approximate surface area is 186 Å². The van der Waals surface area contributed by atoms with E-state index in [1.165, 1.54) is 28.0 Å². The molecule has 1 saturated heterocycles. The van der Waals surface area contributed by atoms with Crippen LogP contribution < -0.4 is 4.90 Å². The number of aromatic nitrogens is 3. The summed E-state index contributed by atoms with van der Waals surface area (Å²) in [5, 5.41) is 15.1. The number of piperazine rings is 1. The van der Waals surface area contributed by atoms with Gasteiger partial charge in [-0.25, -0.2) is 18.2 Å². The Morgan fingerprint density at radius 2 is 1.72 bits per heavy atom. The summed E-state index contributed by atoms with van der Waals surface area (Å²) in [7, 11) is 0. The van der Waals surface area contributed by atoms with Crippen molar-refractivity contribution in [2.75, 3.05) is 31.1 Å². The predicted octanol–water partition coefficient (Wildman–Crippen LogP) is 4.13. The molecule has 0 aliphatic carbocycles. The van der Waals surface area contributed by atoms with Crippen molar-refractivity contribution in [3.05, 3.63) is 76.2 Å². The third-order valence-corrected chi connectivity index (χ3v) is 6.76. The molecule has 0 spiro atoms. The molecule has 1 N–H and O–H groups in total. The molecule has 4 aromatic rings. The van der Waals surface area contributed by atoms with Crippen molar-refractivity contribution < 1.29 is 18.3 Å². The van der Waals surface area contributed by atoms with Gasteiger partial charge in [-0.15, -0.1) is 5.10 Å². The molecule has 0 saturated carbocycles. The molecule has 32 heavy (non-hydrogen) atoms. The average Bonchev–Trinajstić information content (AvgIpc) is 3.29. The van der Waals surface area contributed by atoms with Crippen molar-refractivity contribution in [1.82, 2.24) is 19.5 Å². The lowest BCUT2D eigenvalue weighted by Crippen LogP contribution is -2.48. The lowest BCUT2D eigenvalue weighted by molar-refractivity contribution is 0.210. The van der Waals surface area contributed by atoms with Crippen LogP contribution in [0, 0.1) is 24.4 Å². The number of para-hydroxylation sites is 1. The van der Waals surface area contributed by atoms with Gasteiger partial charge in [0.1, 0.15) is 11.6 Å². The van der Waals surface area contributed by atoms with Crippen molar-refractivity contribution >= 4 is 22.0 Å². The molecule has 1 aliphatic rings. The summed E-state index contributed by atoms with van der Waals surface area (Å²) in [4.78, 5) is 9.41. The second-order valence-corrected chi connectivity index (χ2v) is 8.70. The van der Waals surface area contributed by atoms with E-state index in [-0.39, 0.29) is 11.7 Å². The maximum Gasteiger partial charge on any atom is 0.230 e. The van der Waals surface area contributed by atoms with Crippen LogP contribution in [-0.4, -0.2) is 50.8 Å². The molecular weight excluding hydrogens is 439 g/mol. The van der Waals surface area contributed by atoms with Crippen LogP contribution in [0.5, 0.6) is 5.88 Å². The second kappa shape index (κ2) is 8.10. The summed E-state index contributed by atoms with van der Waals surface area (Å²) in [6, 6.07) is 9.86. The number of benzene rings is 2. The van der Waals surface area contributed by atoms with Crippen LogP contribution in [0.15, 0.2) is 42.5 Å². The molecule has 6 nitrogen and oxygen atoms in total. The van der Waals surface area contributed by atoms with E-state index in [0.29, 0.717) is 53.1 Å². The largest absolute Gasteiger partial charge is 0.492 e. The van der Waals surface area contributed by atoms with Crippen molar-refractivity contribution in [3.63, 3.8) is 0 Å². The third kappa shape index (κ3) is 3.59. The molecule has 10 heteroatoms. The minimum atomic E-state index is -0.952. The van der Waals surface area contributed by atoms with Gasteiger partial charge in [0.15, 0.2) is 11.6 Å². The lowest BCUT2D eigenvalue weighted by atomic mass is 10.0. The average molecular weight is 459 g/mol. The summed E-state index contributed by atoms with van der Waals surface area (Å²) in [5.41, 5.74) is 1.05. The number of nitrogens with zero attached hydrogens (tertiary/aromatic N) is 5. The van der Waals surface area contributed by atoms with E-state index >= 15 is 0 Å². The van der Waals surface area contributed by atoms with E-state index in [1.54, 1.807) is 25.1 Å². The zero-order chi connectivity index (χ0) is 22.4. The highest BCUT2D eigenvalue weighted by Crippen LogP contribution is 2.40. The van der Waals surface area contributed by atoms with Crippen LogP contribution in [-0.2, 0) is 0 Å². The van der Waals surface area contributed by atoms with Crippen molar-refractivity contribution in [3.8, 4) is 5.88 Å². The van der Waals surface area contributed by atoms with E-state index in [4.69, 9.17) is 0 Å². The molecule has 3 heterocycles. The first-order valence-corrected chi connectivity index (χ1v) is 11.0. The minimum absolute atomic E-state index is 0.0723. The molecule has 0 bridgehead atoms. The number of thiazole rings is 1. The molecule has 0 amide bonds. The van der Waals surface area contributed by atoms with Gasteiger partial charge in [-0.1, -0.05) is 29.5 Å². The van der Waals surface area contributed by atoms with Crippen LogP contribution in [0.25, 0.3) is 4.96 Å². The number of aromatic hydroxyl groups is 1. The Balaban J connectivity index is 1.50. The summed E-state index contributed by atoms with van der Waals surface area (Å²) in [6.45, 7) is 3.88. The SMILES string of the molecule is Cc1nc2sc(C(c3ccc(F)c(F)c3)N3CCN(c4ccccc4F)CC3)c(O)n2n1. The maximum atomic E-state index is 14.2. The van der Waals surface area contributed by atoms with E-state index in [2.05, 4.69) is 15.0 Å². The van der Waals surface area contributed by atoms with E-state index in [9.17, 15) is 18.3 Å². The van der Waals surface area contributed by atoms with Crippen LogP contribution >= 0.6 is 11.3 Å². The smallest absolute Gasteiger partial charge is 0.230 e. The number of aryl methyl sites for hydroxylation is 1. The third-order valence-electron chi connectivity index (χ3n) is 5.69. The standard InChI is InChI=1S/C22H20F3N5OS/c1-13-26-22-30(27-13)21(31)20(32-22)19(14-6-7-15(23)17(25)12-14)29-10-8-28(9-11-29)18-5-3-2-4-16(18)24/h2-7,12,19,31H,8-11H2,1H3. The van der Waals surface area contributed by atoms with Gasteiger partial charge in [-0.3, -0.25) is 4.90 Å². The van der Waals surface area contributed by atoms with Crippen LogP contribution in [0.4, 0.5) is 18.9 Å². The summed E-state index contributed by atoms with van der Waals surface area (Å²) in [5.74, 6) is -1.71. The van der Waals surface area contributed by atoms with E-state index in [0.717, 1.165) is 12.1 Å². The molecule has 1 aliphatic heterocycles. The Morgan fingerprint density at radius 1 is 0.969 bits per heavy atom. The van der Waals surface area contributed by atoms with Gasteiger partial charge in [0.05, 0.1) is 16.6 Å². The Morgan fingerprint density at radius 3 is 2.41 bits per heavy atom. The zero-order valence-electron chi connectivity index (χ0n) is 17.2. The van der Waals surface area contributed by atoms with Gasteiger partial charge in [0.2, 0.25) is 10.8 Å². The summed E-state index contributed by atoms with van der Waals surface area (Å²) >= 11 is 1.26. The highest BCUT2D eigenvalue weighted by molar-refractivity contribution is 7.17. The van der Waals surface area contributed by atoms with E-state index in [1.807, 2.05) is 4.90 Å². The highest BCUT2D eigenvalue weighted by Gasteiger charge is 2.32. The molecule has 2 aromatic heterocycles. The number of hydrogen-bond donors (Lipinski definition) is 1. The monoisotopic (exact) mass is 459 g/mol. The normalized spacial score (nSPS) is 16.1. The molecule has 0 radical (unpaired) electrons. The fourth-order valence-electron chi connectivity index (χ4n) is 4.17. The van der Waals surface area contributed by atoms with Gasteiger partial charge in [-0.2, -0.15) is 4.52 Å². The number of hydrogen-bond acceptors (Lipinski definition) is 6. The van der Waals surface area contributed by atoms with Crippen LogP contribution in [0.2, 0.25) is 0 Å². The molecule has 2 aromatic carbocycles. The molecule has 166 valence electrons. The molecule has 1 unspecified atom stereocenters. The fraction of sp³-hybridized carbons (Fsp3) is 0.273. The molecule has 1 atom stereocenters. The van der Waals surface area contributed by atoms with Crippen LogP contribution in [0.1, 0.15) is 22.3 Å². The van der Waals surface area contributed by atoms with Crippen LogP contribution in [0.3, 0.4) is 0 Å². The highest BCUT2D eigenvalue weighted by atomic mass is 32.1. The Hall–Kier alpha value is -3.11. The topological polar surface area (TPSA) is 56.9 Å². The summed E-state index contributed by atoms with van der Waals surface area (Å²) < 4.78 is 43.3. The number of fused-ring (bicyclic) bond motifs is 1. The first-order valence-electron chi connectivity index (χ1n) is 10.2. The zero-order valence-corrected chi connectivity index (χ0v) is 18.0. The van der Waals surface area contributed by atoms with Gasteiger partial charge in [0.25, 0.3) is 0 Å². The van der Waals surface area contributed by atoms with Gasteiger partial charge in [0, 0.05) is 26.2 Å². The number of anilines is 1. The van der Waals surface area contributed by atoms with Crippen molar-refractivity contribution in [1.29, 1.82) is 0 Å².